The van der Waals surface area contributed by atoms with Crippen LogP contribution in [-0.2, 0) is 32.2 Å². The topological polar surface area (TPSA) is 98.1 Å². The van der Waals surface area contributed by atoms with Crippen molar-refractivity contribution in [2.75, 3.05) is 13.7 Å². The van der Waals surface area contributed by atoms with Crippen molar-refractivity contribution in [1.29, 1.82) is 0 Å². The molecule has 0 aliphatic carbocycles. The molecule has 1 N–H and O–H groups in total. The molecule has 1 aromatic heterocycles. The van der Waals surface area contributed by atoms with E-state index in [-0.39, 0.29) is 18.9 Å². The van der Waals surface area contributed by atoms with Crippen molar-refractivity contribution in [3.8, 4) is 5.75 Å². The van der Waals surface area contributed by atoms with E-state index in [4.69, 9.17) is 13.9 Å². The van der Waals surface area contributed by atoms with Crippen LogP contribution in [0.15, 0.2) is 47.1 Å². The number of amides is 2. The lowest BCUT2D eigenvalue weighted by molar-refractivity contribution is -0.158. The fourth-order valence-electron chi connectivity index (χ4n) is 3.07. The lowest BCUT2D eigenvalue weighted by Gasteiger charge is -2.17. The second-order valence-electron chi connectivity index (χ2n) is 6.90. The number of rotatable bonds is 8. The average Bonchev–Trinajstić information content (AvgIpc) is 3.36. The van der Waals surface area contributed by atoms with Crippen molar-refractivity contribution in [2.24, 2.45) is 5.92 Å². The summed E-state index contributed by atoms with van der Waals surface area (Å²) >= 11 is 0. The number of nitrogens with one attached hydrogen (secondary N) is 1. The number of carbonyl (C=O) groups is 3. The summed E-state index contributed by atoms with van der Waals surface area (Å²) in [5.41, 5.74) is 0.896. The molecule has 2 amide bonds. The number of hydrogen-bond acceptors (Lipinski definition) is 6. The van der Waals surface area contributed by atoms with Crippen LogP contribution in [0.5, 0.6) is 5.75 Å². The molecule has 1 saturated heterocycles. The number of esters is 1. The summed E-state index contributed by atoms with van der Waals surface area (Å²) in [6.07, 6.45) is 0.656. The van der Waals surface area contributed by atoms with E-state index < -0.39 is 23.9 Å². The first-order chi connectivity index (χ1) is 14.0. The van der Waals surface area contributed by atoms with Crippen LogP contribution in [0.4, 0.5) is 0 Å². The highest BCUT2D eigenvalue weighted by Crippen LogP contribution is 2.22. The summed E-state index contributed by atoms with van der Waals surface area (Å²) in [6.45, 7) is 2.38. The first kappa shape index (κ1) is 20.4. The molecule has 2 heterocycles. The maximum Gasteiger partial charge on any atom is 0.312 e. The predicted octanol–water partition coefficient (Wildman–Crippen LogP) is 1.88. The predicted molar refractivity (Wildman–Crippen MR) is 103 cm³/mol. The minimum absolute atomic E-state index is 0.0692. The quantitative estimate of drug-likeness (QED) is 0.680. The lowest BCUT2D eigenvalue weighted by Crippen LogP contribution is -2.37. The number of hydrogen-bond donors (Lipinski definition) is 1. The zero-order chi connectivity index (χ0) is 20.8. The molecule has 2 aromatic rings. The van der Waals surface area contributed by atoms with E-state index in [1.54, 1.807) is 36.3 Å². The molecule has 0 saturated carbocycles. The summed E-state index contributed by atoms with van der Waals surface area (Å²) in [4.78, 5) is 38.3. The van der Waals surface area contributed by atoms with Gasteiger partial charge in [0.15, 0.2) is 6.10 Å². The number of methoxy groups -OCH3 is 1. The van der Waals surface area contributed by atoms with Gasteiger partial charge >= 0.3 is 5.97 Å². The van der Waals surface area contributed by atoms with E-state index in [1.165, 1.54) is 13.2 Å². The average molecular weight is 400 g/mol. The summed E-state index contributed by atoms with van der Waals surface area (Å²) in [5, 5.41) is 2.73. The van der Waals surface area contributed by atoms with E-state index in [0.29, 0.717) is 18.8 Å². The monoisotopic (exact) mass is 400 g/mol. The summed E-state index contributed by atoms with van der Waals surface area (Å²) in [5.74, 6) is -0.291. The summed E-state index contributed by atoms with van der Waals surface area (Å²) in [7, 11) is 1.58. The van der Waals surface area contributed by atoms with Gasteiger partial charge in [-0.25, -0.2) is 0 Å². The zero-order valence-corrected chi connectivity index (χ0v) is 16.4. The highest BCUT2D eigenvalue weighted by Gasteiger charge is 2.36. The molecule has 1 aromatic carbocycles. The molecule has 1 aliphatic rings. The third-order valence-corrected chi connectivity index (χ3v) is 4.76. The maximum absolute atomic E-state index is 12.4. The van der Waals surface area contributed by atoms with Crippen LogP contribution < -0.4 is 10.1 Å². The third kappa shape index (κ3) is 5.37. The highest BCUT2D eigenvalue weighted by atomic mass is 16.5. The van der Waals surface area contributed by atoms with E-state index in [1.807, 2.05) is 12.1 Å². The van der Waals surface area contributed by atoms with Crippen LogP contribution >= 0.6 is 0 Å². The Morgan fingerprint density at radius 3 is 2.69 bits per heavy atom. The van der Waals surface area contributed by atoms with Gasteiger partial charge in [0.25, 0.3) is 5.91 Å². The number of carbonyl (C=O) groups excluding carboxylic acids is 3. The normalized spacial score (nSPS) is 17.1. The van der Waals surface area contributed by atoms with Crippen LogP contribution in [0.3, 0.4) is 0 Å². The van der Waals surface area contributed by atoms with Gasteiger partial charge < -0.3 is 24.1 Å². The molecule has 3 rings (SSSR count). The molecule has 29 heavy (non-hydrogen) atoms. The van der Waals surface area contributed by atoms with Crippen LogP contribution in [0.1, 0.15) is 24.7 Å². The molecule has 8 nitrogen and oxygen atoms in total. The number of nitrogens with zero attached hydrogens (tertiary/aromatic N) is 1. The van der Waals surface area contributed by atoms with Crippen LogP contribution in [0, 0.1) is 5.92 Å². The van der Waals surface area contributed by atoms with E-state index in [0.717, 1.165) is 11.3 Å². The van der Waals surface area contributed by atoms with Crippen molar-refractivity contribution in [2.45, 2.75) is 32.5 Å². The minimum atomic E-state index is -0.949. The molecular formula is C21H24N2O6. The first-order valence-corrected chi connectivity index (χ1v) is 9.37. The van der Waals surface area contributed by atoms with Gasteiger partial charge in [0.2, 0.25) is 5.91 Å². The van der Waals surface area contributed by atoms with Gasteiger partial charge in [-0.2, -0.15) is 0 Å². The first-order valence-electron chi connectivity index (χ1n) is 9.37. The van der Waals surface area contributed by atoms with Crippen LogP contribution in [0.2, 0.25) is 0 Å². The Bertz CT molecular complexity index is 847. The lowest BCUT2D eigenvalue weighted by atomic mass is 10.1. The van der Waals surface area contributed by atoms with Crippen molar-refractivity contribution < 1.29 is 28.3 Å². The second kappa shape index (κ2) is 9.27. The number of benzene rings is 1. The van der Waals surface area contributed by atoms with Crippen LogP contribution in [0.25, 0.3) is 0 Å². The Morgan fingerprint density at radius 2 is 2.03 bits per heavy atom. The van der Waals surface area contributed by atoms with Gasteiger partial charge in [-0.15, -0.1) is 0 Å². The summed E-state index contributed by atoms with van der Waals surface area (Å²) in [6, 6.07) is 10.8. The van der Waals surface area contributed by atoms with Crippen molar-refractivity contribution in [3.63, 3.8) is 0 Å². The van der Waals surface area contributed by atoms with Crippen molar-refractivity contribution in [3.05, 3.63) is 54.0 Å². The zero-order valence-electron chi connectivity index (χ0n) is 16.4. The molecular weight excluding hydrogens is 376 g/mol. The molecule has 1 aliphatic heterocycles. The highest BCUT2D eigenvalue weighted by molar-refractivity contribution is 5.88. The Kier molecular flexibility index (Phi) is 6.54. The maximum atomic E-state index is 12.4. The fourth-order valence-corrected chi connectivity index (χ4v) is 3.07. The van der Waals surface area contributed by atoms with E-state index >= 15 is 0 Å². The number of ether oxygens (including phenoxy) is 2. The molecule has 2 atom stereocenters. The largest absolute Gasteiger partial charge is 0.497 e. The molecule has 0 radical (unpaired) electrons. The fraction of sp³-hybridized carbons (Fsp3) is 0.381. The Balaban J connectivity index is 1.45. The minimum Gasteiger partial charge on any atom is -0.497 e. The number of furan rings is 1. The van der Waals surface area contributed by atoms with Gasteiger partial charge in [0.1, 0.15) is 11.5 Å². The van der Waals surface area contributed by atoms with Gasteiger partial charge in [0, 0.05) is 19.5 Å². The van der Waals surface area contributed by atoms with Gasteiger partial charge in [-0.3, -0.25) is 14.4 Å². The van der Waals surface area contributed by atoms with Gasteiger partial charge in [0.05, 0.1) is 25.8 Å². The Labute approximate surface area is 168 Å². The van der Waals surface area contributed by atoms with Crippen LogP contribution in [-0.4, -0.2) is 42.4 Å². The smallest absolute Gasteiger partial charge is 0.312 e. The van der Waals surface area contributed by atoms with Crippen molar-refractivity contribution >= 4 is 17.8 Å². The summed E-state index contributed by atoms with van der Waals surface area (Å²) < 4.78 is 15.6. The van der Waals surface area contributed by atoms with Gasteiger partial charge in [-0.1, -0.05) is 12.1 Å². The standard InChI is InChI=1S/C21H24N2O6/c1-14(20(25)22-11-15-5-7-17(27-2)8-6-15)29-21(26)16-10-19(24)23(12-16)13-18-4-3-9-28-18/h3-9,14,16H,10-13H2,1-2H3,(H,22,25)/t14-,16+/m0/s1. The molecule has 0 spiro atoms. The molecule has 1 fully saturated rings. The molecule has 0 unspecified atom stereocenters. The SMILES string of the molecule is COc1ccc(CNC(=O)[C@H](C)OC(=O)[C@@H]2CC(=O)N(Cc3ccco3)C2)cc1. The number of likely N-dealkylation sites (tertiary alicyclic amines) is 1. The Morgan fingerprint density at radius 1 is 1.28 bits per heavy atom. The molecule has 154 valence electrons. The molecule has 0 bridgehead atoms. The molecule has 8 heteroatoms. The van der Waals surface area contributed by atoms with E-state index in [9.17, 15) is 14.4 Å². The van der Waals surface area contributed by atoms with Crippen molar-refractivity contribution in [1.82, 2.24) is 10.2 Å². The second-order valence-corrected chi connectivity index (χ2v) is 6.90. The third-order valence-electron chi connectivity index (χ3n) is 4.76. The Hall–Kier alpha value is -3.29. The van der Waals surface area contributed by atoms with E-state index in [2.05, 4.69) is 5.32 Å². The van der Waals surface area contributed by atoms with Gasteiger partial charge in [-0.05, 0) is 36.8 Å².